The van der Waals surface area contributed by atoms with Crippen LogP contribution in [0, 0.1) is 5.82 Å². The average Bonchev–Trinajstić information content (AvgIpc) is 2.85. The lowest BCUT2D eigenvalue weighted by molar-refractivity contribution is 0.0566. The largest absolute Gasteiger partial charge is 0.489 e. The van der Waals surface area contributed by atoms with Gasteiger partial charge in [0.25, 0.3) is 0 Å². The van der Waals surface area contributed by atoms with Gasteiger partial charge in [0.1, 0.15) is 18.2 Å². The molecule has 1 heterocycles. The zero-order valence-electron chi connectivity index (χ0n) is 20.3. The molecule has 0 radical (unpaired) electrons. The molecule has 0 aliphatic carbocycles. The lowest BCUT2D eigenvalue weighted by atomic mass is 10.0. The molecule has 0 fully saturated rings. The zero-order chi connectivity index (χ0) is 24.2. The SMILES string of the molecule is C=CCOc1ccc(-c2ccc3nc(/C=C/CCCC(C)OCCCCC)ncc3c2)c(F)c1. The molecule has 34 heavy (non-hydrogen) atoms. The Morgan fingerprint density at radius 1 is 1.12 bits per heavy atom. The summed E-state index contributed by atoms with van der Waals surface area (Å²) in [5.41, 5.74) is 2.12. The van der Waals surface area contributed by atoms with Crippen LogP contribution < -0.4 is 4.74 Å². The summed E-state index contributed by atoms with van der Waals surface area (Å²) in [6, 6.07) is 10.6. The molecule has 5 heteroatoms. The number of ether oxygens (including phenoxy) is 2. The molecule has 1 aromatic heterocycles. The second-order valence-electron chi connectivity index (χ2n) is 8.46. The molecular weight excluding hydrogens is 427 g/mol. The molecular formula is C29H35FN2O2. The summed E-state index contributed by atoms with van der Waals surface area (Å²) in [6.07, 6.45) is 14.5. The topological polar surface area (TPSA) is 44.2 Å². The van der Waals surface area contributed by atoms with Crippen molar-refractivity contribution >= 4 is 17.0 Å². The van der Waals surface area contributed by atoms with Gasteiger partial charge in [0.15, 0.2) is 5.82 Å². The van der Waals surface area contributed by atoms with Crippen molar-refractivity contribution < 1.29 is 13.9 Å². The number of hydrogen-bond acceptors (Lipinski definition) is 4. The molecule has 0 bridgehead atoms. The number of rotatable bonds is 14. The van der Waals surface area contributed by atoms with Gasteiger partial charge in [0.2, 0.25) is 0 Å². The van der Waals surface area contributed by atoms with E-state index in [1.54, 1.807) is 24.4 Å². The van der Waals surface area contributed by atoms with Gasteiger partial charge in [0.05, 0.1) is 11.6 Å². The van der Waals surface area contributed by atoms with Gasteiger partial charge in [-0.15, -0.1) is 0 Å². The Balaban J connectivity index is 1.55. The molecule has 3 aromatic rings. The monoisotopic (exact) mass is 462 g/mol. The normalized spacial score (nSPS) is 12.3. The standard InChI is InChI=1S/C29H35FN2O2/c1-4-6-10-18-33-22(3)11-8-7-9-12-29-31-21-24-19-23(13-16-28(24)32-29)26-15-14-25(20-27(26)30)34-17-5-2/h5,9,12-16,19-22H,2,4,6-8,10-11,17-18H2,1,3H3/b12-9+. The Hall–Kier alpha value is -3.05. The van der Waals surface area contributed by atoms with Crippen LogP contribution in [0.3, 0.4) is 0 Å². The second kappa shape index (κ2) is 13.6. The lowest BCUT2D eigenvalue weighted by Gasteiger charge is -2.11. The first kappa shape index (κ1) is 25.6. The van der Waals surface area contributed by atoms with Crippen LogP contribution in [-0.2, 0) is 4.74 Å². The third kappa shape index (κ3) is 7.77. The quantitative estimate of drug-likeness (QED) is 0.181. The molecule has 1 atom stereocenters. The molecule has 0 aliphatic heterocycles. The number of fused-ring (bicyclic) bond motifs is 1. The Labute approximate surface area is 202 Å². The molecule has 0 N–H and O–H groups in total. The van der Waals surface area contributed by atoms with Crippen LogP contribution in [0.1, 0.15) is 58.2 Å². The number of benzene rings is 2. The molecule has 0 amide bonds. The minimum Gasteiger partial charge on any atom is -0.489 e. The summed E-state index contributed by atoms with van der Waals surface area (Å²) in [7, 11) is 0. The van der Waals surface area contributed by atoms with E-state index in [4.69, 9.17) is 9.47 Å². The third-order valence-corrected chi connectivity index (χ3v) is 5.62. The van der Waals surface area contributed by atoms with E-state index in [1.165, 1.54) is 18.9 Å². The first-order valence-electron chi connectivity index (χ1n) is 12.2. The fourth-order valence-corrected chi connectivity index (χ4v) is 3.70. The number of unbranched alkanes of at least 4 members (excludes halogenated alkanes) is 3. The highest BCUT2D eigenvalue weighted by molar-refractivity contribution is 5.84. The molecule has 3 rings (SSSR count). The Bertz CT molecular complexity index is 1100. The minimum atomic E-state index is -0.331. The van der Waals surface area contributed by atoms with Gasteiger partial charge in [-0.25, -0.2) is 14.4 Å². The Kier molecular flexibility index (Phi) is 10.2. The Morgan fingerprint density at radius 2 is 2.00 bits per heavy atom. The van der Waals surface area contributed by atoms with E-state index in [1.807, 2.05) is 24.3 Å². The summed E-state index contributed by atoms with van der Waals surface area (Å²) in [5, 5.41) is 0.870. The van der Waals surface area contributed by atoms with Crippen molar-refractivity contribution in [3.63, 3.8) is 0 Å². The molecule has 2 aromatic carbocycles. The maximum absolute atomic E-state index is 14.6. The molecule has 4 nitrogen and oxygen atoms in total. The van der Waals surface area contributed by atoms with Crippen molar-refractivity contribution in [3.8, 4) is 16.9 Å². The summed E-state index contributed by atoms with van der Waals surface area (Å²) < 4.78 is 25.9. The van der Waals surface area contributed by atoms with E-state index in [9.17, 15) is 4.39 Å². The fraction of sp³-hybridized carbons (Fsp3) is 0.379. The summed E-state index contributed by atoms with van der Waals surface area (Å²) in [5.74, 6) is 0.830. The van der Waals surface area contributed by atoms with Crippen LogP contribution in [-0.4, -0.2) is 29.3 Å². The summed E-state index contributed by atoms with van der Waals surface area (Å²) in [4.78, 5) is 9.08. The number of allylic oxidation sites excluding steroid dienone is 1. The van der Waals surface area contributed by atoms with Crippen LogP contribution >= 0.6 is 0 Å². The lowest BCUT2D eigenvalue weighted by Crippen LogP contribution is -2.08. The van der Waals surface area contributed by atoms with E-state index >= 15 is 0 Å². The third-order valence-electron chi connectivity index (χ3n) is 5.62. The summed E-state index contributed by atoms with van der Waals surface area (Å²) >= 11 is 0. The van der Waals surface area contributed by atoms with Crippen LogP contribution in [0.25, 0.3) is 28.1 Å². The highest BCUT2D eigenvalue weighted by atomic mass is 19.1. The van der Waals surface area contributed by atoms with Gasteiger partial charge < -0.3 is 9.47 Å². The average molecular weight is 463 g/mol. The summed E-state index contributed by atoms with van der Waals surface area (Å²) in [6.45, 7) is 9.16. The smallest absolute Gasteiger partial charge is 0.152 e. The highest BCUT2D eigenvalue weighted by Crippen LogP contribution is 2.28. The van der Waals surface area contributed by atoms with Gasteiger partial charge in [-0.3, -0.25) is 0 Å². The van der Waals surface area contributed by atoms with Crippen molar-refractivity contribution in [2.24, 2.45) is 0 Å². The number of hydrogen-bond donors (Lipinski definition) is 0. The minimum absolute atomic E-state index is 0.303. The molecule has 0 saturated heterocycles. The van der Waals surface area contributed by atoms with Gasteiger partial charge >= 0.3 is 0 Å². The van der Waals surface area contributed by atoms with E-state index in [0.717, 1.165) is 48.8 Å². The maximum Gasteiger partial charge on any atom is 0.152 e. The first-order chi connectivity index (χ1) is 16.6. The van der Waals surface area contributed by atoms with Crippen molar-refractivity contribution in [2.75, 3.05) is 13.2 Å². The number of halogens is 1. The van der Waals surface area contributed by atoms with Crippen molar-refractivity contribution in [1.82, 2.24) is 9.97 Å². The van der Waals surface area contributed by atoms with Gasteiger partial charge in [-0.05, 0) is 68.5 Å². The van der Waals surface area contributed by atoms with Gasteiger partial charge in [-0.2, -0.15) is 0 Å². The maximum atomic E-state index is 14.6. The molecule has 0 saturated carbocycles. The highest BCUT2D eigenvalue weighted by Gasteiger charge is 2.09. The molecule has 180 valence electrons. The predicted molar refractivity (Wildman–Crippen MR) is 138 cm³/mol. The van der Waals surface area contributed by atoms with Crippen LogP contribution in [0.5, 0.6) is 5.75 Å². The van der Waals surface area contributed by atoms with Crippen LogP contribution in [0.4, 0.5) is 4.39 Å². The number of aromatic nitrogens is 2. The van der Waals surface area contributed by atoms with Crippen molar-refractivity contribution in [2.45, 2.75) is 58.5 Å². The van der Waals surface area contributed by atoms with E-state index < -0.39 is 0 Å². The van der Waals surface area contributed by atoms with Crippen molar-refractivity contribution in [3.05, 3.63) is 73.0 Å². The molecule has 1 unspecified atom stereocenters. The Morgan fingerprint density at radius 3 is 2.79 bits per heavy atom. The fourth-order valence-electron chi connectivity index (χ4n) is 3.70. The number of nitrogens with zero attached hydrogens (tertiary/aromatic N) is 2. The second-order valence-corrected chi connectivity index (χ2v) is 8.46. The first-order valence-corrected chi connectivity index (χ1v) is 12.2. The van der Waals surface area contributed by atoms with Gasteiger partial charge in [0, 0.05) is 29.8 Å². The van der Waals surface area contributed by atoms with E-state index in [-0.39, 0.29) is 5.82 Å². The predicted octanol–water partition coefficient (Wildman–Crippen LogP) is 7.78. The van der Waals surface area contributed by atoms with E-state index in [2.05, 4.69) is 36.5 Å². The zero-order valence-corrected chi connectivity index (χ0v) is 20.3. The van der Waals surface area contributed by atoms with E-state index in [0.29, 0.717) is 29.8 Å². The van der Waals surface area contributed by atoms with Crippen molar-refractivity contribution in [1.29, 1.82) is 0 Å². The van der Waals surface area contributed by atoms with Crippen LogP contribution in [0.2, 0.25) is 0 Å². The molecule has 0 spiro atoms. The van der Waals surface area contributed by atoms with Crippen LogP contribution in [0.15, 0.2) is 61.3 Å². The molecule has 0 aliphatic rings. The van der Waals surface area contributed by atoms with Gasteiger partial charge in [-0.1, -0.05) is 44.6 Å².